The Morgan fingerprint density at radius 2 is 1.91 bits per heavy atom. The van der Waals surface area contributed by atoms with E-state index in [0.717, 1.165) is 0 Å². The van der Waals surface area contributed by atoms with Crippen LogP contribution in [0.4, 0.5) is 0 Å². The maximum Gasteiger partial charge on any atom is -0.0352 e. The maximum atomic E-state index is 4.03. The van der Waals surface area contributed by atoms with Crippen LogP contribution < -0.4 is 0 Å². The van der Waals surface area contributed by atoms with Crippen LogP contribution in [0.15, 0.2) is 0 Å². The van der Waals surface area contributed by atoms with Crippen molar-refractivity contribution in [3.8, 4) is 0 Å². The van der Waals surface area contributed by atoms with Crippen LogP contribution in [0.5, 0.6) is 0 Å². The maximum absolute atomic E-state index is 4.03. The zero-order valence-corrected chi connectivity index (χ0v) is 8.61. The van der Waals surface area contributed by atoms with Gasteiger partial charge in [-0.2, -0.15) is 0 Å². The van der Waals surface area contributed by atoms with Gasteiger partial charge in [-0.05, 0) is 24.2 Å². The highest BCUT2D eigenvalue weighted by molar-refractivity contribution is 4.72. The fourth-order valence-electron chi connectivity index (χ4n) is 1.70. The minimum atomic E-state index is 0.511. The molecule has 1 radical (unpaired) electrons. The minimum absolute atomic E-state index is 0.511. The lowest BCUT2D eigenvalue weighted by Crippen LogP contribution is -2.14. The molecule has 0 aromatic carbocycles. The second-order valence-electron chi connectivity index (χ2n) is 4.58. The van der Waals surface area contributed by atoms with Crippen molar-refractivity contribution in [1.82, 2.24) is 0 Å². The molecule has 0 heterocycles. The molecule has 0 spiro atoms. The van der Waals surface area contributed by atoms with Gasteiger partial charge in [0.1, 0.15) is 0 Å². The quantitative estimate of drug-likeness (QED) is 0.561. The van der Waals surface area contributed by atoms with Gasteiger partial charge in [0.05, 0.1) is 0 Å². The Hall–Kier alpha value is 0. The zero-order chi connectivity index (χ0) is 8.91. The van der Waals surface area contributed by atoms with Crippen molar-refractivity contribution >= 4 is 0 Å². The number of unbranched alkanes of at least 4 members (excludes halogenated alkanes) is 1. The summed E-state index contributed by atoms with van der Waals surface area (Å²) >= 11 is 0. The van der Waals surface area contributed by atoms with Gasteiger partial charge in [0.25, 0.3) is 0 Å². The Balaban J connectivity index is 3.61. The largest absolute Gasteiger partial charge is 0.0654 e. The molecule has 0 aliphatic heterocycles. The van der Waals surface area contributed by atoms with Gasteiger partial charge in [0, 0.05) is 0 Å². The smallest absolute Gasteiger partial charge is 0.0352 e. The van der Waals surface area contributed by atoms with Gasteiger partial charge in [-0.25, -0.2) is 0 Å². The molecule has 0 saturated heterocycles. The number of hydrogen-bond acceptors (Lipinski definition) is 0. The van der Waals surface area contributed by atoms with Crippen LogP contribution in [-0.2, 0) is 0 Å². The molecule has 11 heavy (non-hydrogen) atoms. The Morgan fingerprint density at radius 1 is 1.36 bits per heavy atom. The van der Waals surface area contributed by atoms with Gasteiger partial charge >= 0.3 is 0 Å². The second kappa shape index (κ2) is 4.79. The Morgan fingerprint density at radius 3 is 2.27 bits per heavy atom. The van der Waals surface area contributed by atoms with E-state index in [9.17, 15) is 0 Å². The summed E-state index contributed by atoms with van der Waals surface area (Å²) in [6, 6.07) is 0. The van der Waals surface area contributed by atoms with Crippen molar-refractivity contribution in [2.24, 2.45) is 11.3 Å². The molecule has 0 N–H and O–H groups in total. The van der Waals surface area contributed by atoms with E-state index < -0.39 is 0 Å². The monoisotopic (exact) mass is 155 g/mol. The standard InChI is InChI=1S/C11H23/c1-6-7-8-11(4,5)9-10(2)3/h10H,2,6-9H2,1,3-5H3. The number of rotatable bonds is 5. The molecule has 0 nitrogen and oxygen atoms in total. The molecule has 1 atom stereocenters. The van der Waals surface area contributed by atoms with Crippen LogP contribution in [-0.4, -0.2) is 0 Å². The molecule has 0 rings (SSSR count). The van der Waals surface area contributed by atoms with E-state index >= 15 is 0 Å². The first-order valence-corrected chi connectivity index (χ1v) is 4.81. The molecular weight excluding hydrogens is 132 g/mol. The molecule has 0 bridgehead atoms. The van der Waals surface area contributed by atoms with Crippen LogP contribution in [0.2, 0.25) is 0 Å². The lowest BCUT2D eigenvalue weighted by Gasteiger charge is -2.26. The van der Waals surface area contributed by atoms with Crippen molar-refractivity contribution < 1.29 is 0 Å². The zero-order valence-electron chi connectivity index (χ0n) is 8.61. The summed E-state index contributed by atoms with van der Waals surface area (Å²) in [6.45, 7) is 13.2. The highest BCUT2D eigenvalue weighted by Gasteiger charge is 2.17. The predicted octanol–water partition coefficient (Wildman–Crippen LogP) is 4.06. The highest BCUT2D eigenvalue weighted by atomic mass is 14.2. The first-order valence-electron chi connectivity index (χ1n) is 4.81. The summed E-state index contributed by atoms with van der Waals surface area (Å²) in [4.78, 5) is 0. The molecule has 0 heteroatoms. The van der Waals surface area contributed by atoms with Crippen molar-refractivity contribution in [2.45, 2.75) is 53.4 Å². The van der Waals surface area contributed by atoms with E-state index in [2.05, 4.69) is 34.6 Å². The van der Waals surface area contributed by atoms with Gasteiger partial charge in [-0.1, -0.05) is 47.5 Å². The van der Waals surface area contributed by atoms with Crippen LogP contribution in [0.1, 0.15) is 53.4 Å². The normalized spacial score (nSPS) is 12.5. The molecule has 0 saturated carbocycles. The van der Waals surface area contributed by atoms with Gasteiger partial charge in [0.2, 0.25) is 0 Å². The van der Waals surface area contributed by atoms with Gasteiger partial charge < -0.3 is 0 Å². The van der Waals surface area contributed by atoms with E-state index in [1.807, 2.05) is 0 Å². The van der Waals surface area contributed by atoms with Crippen molar-refractivity contribution in [3.05, 3.63) is 6.92 Å². The van der Waals surface area contributed by atoms with E-state index in [1.165, 1.54) is 25.7 Å². The highest BCUT2D eigenvalue weighted by Crippen LogP contribution is 2.30. The molecule has 67 valence electrons. The Bertz CT molecular complexity index is 90.2. The average molecular weight is 155 g/mol. The first kappa shape index (κ1) is 11.0. The summed E-state index contributed by atoms with van der Waals surface area (Å²) < 4.78 is 0. The van der Waals surface area contributed by atoms with Crippen molar-refractivity contribution in [3.63, 3.8) is 0 Å². The molecule has 1 unspecified atom stereocenters. The molecular formula is C11H23. The van der Waals surface area contributed by atoms with Gasteiger partial charge in [-0.15, -0.1) is 0 Å². The number of hydrogen-bond donors (Lipinski definition) is 0. The van der Waals surface area contributed by atoms with Crippen LogP contribution in [0.25, 0.3) is 0 Å². The summed E-state index contributed by atoms with van der Waals surface area (Å²) in [7, 11) is 0. The fourth-order valence-corrected chi connectivity index (χ4v) is 1.70. The minimum Gasteiger partial charge on any atom is -0.0654 e. The Labute approximate surface area is 72.4 Å². The molecule has 0 fully saturated rings. The van der Waals surface area contributed by atoms with E-state index in [0.29, 0.717) is 11.3 Å². The first-order chi connectivity index (χ1) is 4.98. The second-order valence-corrected chi connectivity index (χ2v) is 4.58. The predicted molar refractivity (Wildman–Crippen MR) is 52.4 cm³/mol. The molecule has 0 aliphatic rings. The van der Waals surface area contributed by atoms with Crippen molar-refractivity contribution in [2.75, 3.05) is 0 Å². The van der Waals surface area contributed by atoms with Crippen LogP contribution in [0.3, 0.4) is 0 Å². The van der Waals surface area contributed by atoms with Crippen LogP contribution >= 0.6 is 0 Å². The molecule has 0 amide bonds. The average Bonchev–Trinajstić information content (AvgIpc) is 1.81. The topological polar surface area (TPSA) is 0 Å². The third-order valence-corrected chi connectivity index (χ3v) is 2.11. The van der Waals surface area contributed by atoms with E-state index in [-0.39, 0.29) is 0 Å². The third-order valence-electron chi connectivity index (χ3n) is 2.11. The molecule has 0 aromatic heterocycles. The van der Waals surface area contributed by atoms with E-state index in [1.54, 1.807) is 0 Å². The van der Waals surface area contributed by atoms with Gasteiger partial charge in [0.15, 0.2) is 0 Å². The SMILES string of the molecule is [CH2]C(C)CC(C)(C)CCCC. The summed E-state index contributed by atoms with van der Waals surface area (Å²) in [5, 5.41) is 0. The van der Waals surface area contributed by atoms with E-state index in [4.69, 9.17) is 0 Å². The summed E-state index contributed by atoms with van der Waals surface area (Å²) in [5.41, 5.74) is 0.511. The lowest BCUT2D eigenvalue weighted by molar-refractivity contribution is 0.269. The molecule has 0 aliphatic carbocycles. The third kappa shape index (κ3) is 6.40. The summed E-state index contributed by atoms with van der Waals surface area (Å²) in [6.07, 6.45) is 5.28. The molecule has 0 aromatic rings. The Kier molecular flexibility index (Phi) is 4.79. The summed E-state index contributed by atoms with van der Waals surface area (Å²) in [5.74, 6) is 0.599. The van der Waals surface area contributed by atoms with Gasteiger partial charge in [-0.3, -0.25) is 0 Å². The van der Waals surface area contributed by atoms with Crippen molar-refractivity contribution in [1.29, 1.82) is 0 Å². The fraction of sp³-hybridized carbons (Fsp3) is 0.909. The van der Waals surface area contributed by atoms with Crippen LogP contribution in [0, 0.1) is 18.3 Å². The lowest BCUT2D eigenvalue weighted by atomic mass is 9.80.